The molecule has 0 saturated carbocycles. The highest BCUT2D eigenvalue weighted by molar-refractivity contribution is 6.33. The molecule has 0 aliphatic heterocycles. The van der Waals surface area contributed by atoms with E-state index in [9.17, 15) is 4.39 Å². The van der Waals surface area contributed by atoms with Crippen LogP contribution in [0.25, 0.3) is 0 Å². The fourth-order valence-electron chi connectivity index (χ4n) is 1.31. The first kappa shape index (κ1) is 12.9. The third kappa shape index (κ3) is 2.80. The van der Waals surface area contributed by atoms with Gasteiger partial charge in [-0.2, -0.15) is 0 Å². The summed E-state index contributed by atoms with van der Waals surface area (Å²) in [6, 6.07) is 5.75. The molecule has 7 heteroatoms. The molecular weight excluding hydrogens is 280 g/mol. The molecule has 2 rings (SSSR count). The molecule has 94 valence electrons. The summed E-state index contributed by atoms with van der Waals surface area (Å²) in [4.78, 5) is 0. The SMILES string of the molecule is COc1ccc(F)c(Nc2cc(Cl)nnc2Cl)c1. The maximum Gasteiger partial charge on any atom is 0.175 e. The first-order valence-electron chi connectivity index (χ1n) is 4.89. The Morgan fingerprint density at radius 1 is 1.17 bits per heavy atom. The molecule has 0 spiro atoms. The van der Waals surface area contributed by atoms with Crippen LogP contribution in [0.5, 0.6) is 5.75 Å². The van der Waals surface area contributed by atoms with Crippen LogP contribution in [0.15, 0.2) is 24.3 Å². The van der Waals surface area contributed by atoms with Crippen LogP contribution in [-0.2, 0) is 0 Å². The van der Waals surface area contributed by atoms with E-state index in [2.05, 4.69) is 15.5 Å². The van der Waals surface area contributed by atoms with Gasteiger partial charge in [-0.1, -0.05) is 23.2 Å². The zero-order valence-corrected chi connectivity index (χ0v) is 10.8. The van der Waals surface area contributed by atoms with Crippen LogP contribution >= 0.6 is 23.2 Å². The minimum absolute atomic E-state index is 0.0987. The number of halogens is 3. The molecule has 0 fully saturated rings. The van der Waals surface area contributed by atoms with Gasteiger partial charge >= 0.3 is 0 Å². The van der Waals surface area contributed by atoms with Crippen molar-refractivity contribution in [3.63, 3.8) is 0 Å². The molecule has 0 aliphatic carbocycles. The smallest absolute Gasteiger partial charge is 0.175 e. The largest absolute Gasteiger partial charge is 0.497 e. The Balaban J connectivity index is 2.36. The Labute approximate surface area is 113 Å². The van der Waals surface area contributed by atoms with Crippen molar-refractivity contribution in [1.29, 1.82) is 0 Å². The highest BCUT2D eigenvalue weighted by Crippen LogP contribution is 2.28. The summed E-state index contributed by atoms with van der Waals surface area (Å²) in [7, 11) is 1.49. The highest BCUT2D eigenvalue weighted by atomic mass is 35.5. The van der Waals surface area contributed by atoms with Gasteiger partial charge in [0.1, 0.15) is 11.6 Å². The quantitative estimate of drug-likeness (QED) is 0.936. The van der Waals surface area contributed by atoms with Gasteiger partial charge in [0, 0.05) is 12.1 Å². The van der Waals surface area contributed by atoms with Gasteiger partial charge < -0.3 is 10.1 Å². The summed E-state index contributed by atoms with van der Waals surface area (Å²) in [6.07, 6.45) is 0. The Kier molecular flexibility index (Phi) is 3.84. The van der Waals surface area contributed by atoms with E-state index in [1.54, 1.807) is 0 Å². The molecule has 0 unspecified atom stereocenters. The molecule has 2 aromatic rings. The fraction of sp³-hybridized carbons (Fsp3) is 0.0909. The van der Waals surface area contributed by atoms with E-state index in [1.165, 1.54) is 31.4 Å². The summed E-state index contributed by atoms with van der Waals surface area (Å²) in [5.74, 6) is 0.0722. The van der Waals surface area contributed by atoms with Crippen LogP contribution in [0.1, 0.15) is 0 Å². The van der Waals surface area contributed by atoms with E-state index < -0.39 is 5.82 Å². The molecule has 18 heavy (non-hydrogen) atoms. The van der Waals surface area contributed by atoms with Crippen LogP contribution in [-0.4, -0.2) is 17.3 Å². The lowest BCUT2D eigenvalue weighted by Gasteiger charge is -2.10. The second-order valence-electron chi connectivity index (χ2n) is 3.34. The van der Waals surface area contributed by atoms with Crippen molar-refractivity contribution in [1.82, 2.24) is 10.2 Å². The third-order valence-electron chi connectivity index (χ3n) is 2.16. The van der Waals surface area contributed by atoms with E-state index in [0.29, 0.717) is 11.4 Å². The lowest BCUT2D eigenvalue weighted by atomic mass is 10.2. The topological polar surface area (TPSA) is 47.0 Å². The van der Waals surface area contributed by atoms with Gasteiger partial charge in [-0.3, -0.25) is 0 Å². The van der Waals surface area contributed by atoms with Crippen molar-refractivity contribution < 1.29 is 9.13 Å². The first-order chi connectivity index (χ1) is 8.60. The molecule has 1 aromatic carbocycles. The van der Waals surface area contributed by atoms with Crippen molar-refractivity contribution in [3.8, 4) is 5.75 Å². The van der Waals surface area contributed by atoms with E-state index in [-0.39, 0.29) is 16.0 Å². The standard InChI is InChI=1S/C11H8Cl2FN3O/c1-18-6-2-3-7(14)8(4-6)15-9-5-10(12)16-17-11(9)13/h2-5H,1H3,(H,15,16). The number of ether oxygens (including phenoxy) is 1. The summed E-state index contributed by atoms with van der Waals surface area (Å²) in [5.41, 5.74) is 0.573. The molecular formula is C11H8Cl2FN3O. The first-order valence-corrected chi connectivity index (χ1v) is 5.65. The van der Waals surface area contributed by atoms with Gasteiger partial charge in [-0.15, -0.1) is 10.2 Å². The molecule has 0 bridgehead atoms. The number of anilines is 2. The third-order valence-corrected chi connectivity index (χ3v) is 2.63. The zero-order chi connectivity index (χ0) is 13.1. The average molecular weight is 288 g/mol. The van der Waals surface area contributed by atoms with E-state index in [0.717, 1.165) is 0 Å². The summed E-state index contributed by atoms with van der Waals surface area (Å²) < 4.78 is 18.6. The van der Waals surface area contributed by atoms with Crippen molar-refractivity contribution in [3.05, 3.63) is 40.4 Å². The Morgan fingerprint density at radius 2 is 1.94 bits per heavy atom. The number of nitrogens with one attached hydrogen (secondary N) is 1. The molecule has 0 atom stereocenters. The molecule has 0 radical (unpaired) electrons. The van der Waals surface area contributed by atoms with E-state index in [4.69, 9.17) is 27.9 Å². The molecule has 0 aliphatic rings. The van der Waals surface area contributed by atoms with Crippen molar-refractivity contribution in [2.45, 2.75) is 0 Å². The lowest BCUT2D eigenvalue weighted by Crippen LogP contribution is -1.98. The molecule has 4 nitrogen and oxygen atoms in total. The number of nitrogens with zero attached hydrogens (tertiary/aromatic N) is 2. The monoisotopic (exact) mass is 287 g/mol. The van der Waals surface area contributed by atoms with Crippen molar-refractivity contribution in [2.24, 2.45) is 0 Å². The average Bonchev–Trinajstić information content (AvgIpc) is 2.36. The van der Waals surface area contributed by atoms with Gasteiger partial charge in [0.15, 0.2) is 10.3 Å². The van der Waals surface area contributed by atoms with Gasteiger partial charge in [-0.25, -0.2) is 4.39 Å². The number of methoxy groups -OCH3 is 1. The molecule has 1 aromatic heterocycles. The van der Waals surface area contributed by atoms with Crippen LogP contribution in [0.3, 0.4) is 0 Å². The van der Waals surface area contributed by atoms with Crippen LogP contribution in [0.2, 0.25) is 10.3 Å². The second-order valence-corrected chi connectivity index (χ2v) is 4.09. The van der Waals surface area contributed by atoms with Crippen LogP contribution in [0, 0.1) is 5.82 Å². The predicted octanol–water partition coefficient (Wildman–Crippen LogP) is 3.67. The summed E-state index contributed by atoms with van der Waals surface area (Å²) in [5, 5.41) is 10.2. The van der Waals surface area contributed by atoms with E-state index in [1.807, 2.05) is 0 Å². The van der Waals surface area contributed by atoms with Gasteiger partial charge in [0.25, 0.3) is 0 Å². The van der Waals surface area contributed by atoms with Crippen LogP contribution in [0.4, 0.5) is 15.8 Å². The zero-order valence-electron chi connectivity index (χ0n) is 9.25. The Morgan fingerprint density at radius 3 is 2.67 bits per heavy atom. The molecule has 0 amide bonds. The summed E-state index contributed by atoms with van der Waals surface area (Å²) >= 11 is 11.5. The lowest BCUT2D eigenvalue weighted by molar-refractivity contribution is 0.414. The van der Waals surface area contributed by atoms with Gasteiger partial charge in [-0.05, 0) is 12.1 Å². The maximum absolute atomic E-state index is 13.6. The second kappa shape index (κ2) is 5.37. The van der Waals surface area contributed by atoms with Crippen molar-refractivity contribution >= 4 is 34.6 Å². The van der Waals surface area contributed by atoms with Gasteiger partial charge in [0.2, 0.25) is 0 Å². The fourth-order valence-corrected chi connectivity index (χ4v) is 1.60. The Hall–Kier alpha value is -1.59. The Bertz CT molecular complexity index is 580. The molecule has 0 saturated heterocycles. The highest BCUT2D eigenvalue weighted by Gasteiger charge is 2.09. The van der Waals surface area contributed by atoms with Crippen molar-refractivity contribution in [2.75, 3.05) is 12.4 Å². The molecule has 1 heterocycles. The number of hydrogen-bond donors (Lipinski definition) is 1. The normalized spacial score (nSPS) is 10.2. The molecule has 1 N–H and O–H groups in total. The number of aromatic nitrogens is 2. The number of rotatable bonds is 3. The van der Waals surface area contributed by atoms with Crippen LogP contribution < -0.4 is 10.1 Å². The number of hydrogen-bond acceptors (Lipinski definition) is 4. The number of benzene rings is 1. The maximum atomic E-state index is 13.6. The minimum atomic E-state index is -0.445. The predicted molar refractivity (Wildman–Crippen MR) is 68.3 cm³/mol. The van der Waals surface area contributed by atoms with E-state index >= 15 is 0 Å². The minimum Gasteiger partial charge on any atom is -0.497 e. The summed E-state index contributed by atoms with van der Waals surface area (Å²) in [6.45, 7) is 0. The van der Waals surface area contributed by atoms with Gasteiger partial charge in [0.05, 0.1) is 18.5 Å².